The van der Waals surface area contributed by atoms with Crippen LogP contribution in [-0.4, -0.2) is 57.8 Å². The van der Waals surface area contributed by atoms with E-state index in [2.05, 4.69) is 15.0 Å². The minimum absolute atomic E-state index is 0.264. The molecule has 7 nitrogen and oxygen atoms in total. The zero-order chi connectivity index (χ0) is 18.7. The molecule has 0 radical (unpaired) electrons. The number of piperazine rings is 1. The molecule has 0 spiro atoms. The van der Waals surface area contributed by atoms with Gasteiger partial charge in [0.15, 0.2) is 0 Å². The number of carbonyl (C=O) groups is 1. The van der Waals surface area contributed by atoms with Gasteiger partial charge in [0.1, 0.15) is 5.60 Å². The number of hydrogen-bond acceptors (Lipinski definition) is 6. The third-order valence-electron chi connectivity index (χ3n) is 3.95. The van der Waals surface area contributed by atoms with E-state index in [1.807, 2.05) is 32.9 Å². The van der Waals surface area contributed by atoms with Gasteiger partial charge >= 0.3 is 6.09 Å². The van der Waals surface area contributed by atoms with Crippen LogP contribution in [0.15, 0.2) is 28.8 Å². The maximum atomic E-state index is 12.1. The first-order valence-corrected chi connectivity index (χ1v) is 8.97. The van der Waals surface area contributed by atoms with Gasteiger partial charge in [0.2, 0.25) is 11.7 Å². The van der Waals surface area contributed by atoms with E-state index in [0.29, 0.717) is 36.4 Å². The minimum atomic E-state index is -0.476. The van der Waals surface area contributed by atoms with Crippen molar-refractivity contribution in [3.05, 3.63) is 35.2 Å². The van der Waals surface area contributed by atoms with Gasteiger partial charge in [-0.1, -0.05) is 16.8 Å². The number of halogens is 1. The van der Waals surface area contributed by atoms with E-state index in [0.717, 1.165) is 18.7 Å². The Bertz CT molecular complexity index is 747. The number of carbonyl (C=O) groups excluding carboxylic acids is 1. The van der Waals surface area contributed by atoms with Gasteiger partial charge in [-0.2, -0.15) is 4.98 Å². The lowest BCUT2D eigenvalue weighted by atomic mass is 10.2. The zero-order valence-electron chi connectivity index (χ0n) is 15.2. The molecule has 1 amide bonds. The fourth-order valence-electron chi connectivity index (χ4n) is 2.64. The van der Waals surface area contributed by atoms with E-state index in [1.165, 1.54) is 0 Å². The van der Waals surface area contributed by atoms with Crippen LogP contribution in [0.25, 0.3) is 11.4 Å². The summed E-state index contributed by atoms with van der Waals surface area (Å²) in [6, 6.07) is 7.30. The van der Waals surface area contributed by atoms with E-state index in [1.54, 1.807) is 17.0 Å². The van der Waals surface area contributed by atoms with Crippen molar-refractivity contribution in [3.63, 3.8) is 0 Å². The van der Waals surface area contributed by atoms with Crippen molar-refractivity contribution >= 4 is 17.7 Å². The molecule has 0 unspecified atom stereocenters. The normalized spacial score (nSPS) is 15.9. The van der Waals surface area contributed by atoms with Crippen molar-refractivity contribution in [3.8, 4) is 11.4 Å². The average molecular weight is 379 g/mol. The van der Waals surface area contributed by atoms with Crippen molar-refractivity contribution in [2.75, 3.05) is 26.2 Å². The molecular formula is C18H23ClN4O3. The van der Waals surface area contributed by atoms with Gasteiger partial charge in [-0.15, -0.1) is 0 Å². The molecule has 3 rings (SSSR count). The number of hydrogen-bond donors (Lipinski definition) is 0. The van der Waals surface area contributed by atoms with Crippen LogP contribution in [0, 0.1) is 0 Å². The molecule has 2 aromatic rings. The lowest BCUT2D eigenvalue weighted by molar-refractivity contribution is 0.0132. The lowest BCUT2D eigenvalue weighted by Gasteiger charge is -2.34. The van der Waals surface area contributed by atoms with E-state index < -0.39 is 5.60 Å². The number of amides is 1. The highest BCUT2D eigenvalue weighted by atomic mass is 35.5. The molecule has 1 aliphatic rings. The Hall–Kier alpha value is -2.12. The summed E-state index contributed by atoms with van der Waals surface area (Å²) in [7, 11) is 0. The molecule has 1 aromatic heterocycles. The quantitative estimate of drug-likeness (QED) is 0.814. The predicted molar refractivity (Wildman–Crippen MR) is 97.8 cm³/mol. The molecule has 8 heteroatoms. The number of nitrogens with zero attached hydrogens (tertiary/aromatic N) is 4. The average Bonchev–Trinajstić information content (AvgIpc) is 3.03. The van der Waals surface area contributed by atoms with Crippen molar-refractivity contribution < 1.29 is 14.1 Å². The maximum Gasteiger partial charge on any atom is 0.410 e. The van der Waals surface area contributed by atoms with E-state index >= 15 is 0 Å². The molecule has 26 heavy (non-hydrogen) atoms. The summed E-state index contributed by atoms with van der Waals surface area (Å²) in [6.07, 6.45) is -0.264. The third kappa shape index (κ3) is 4.95. The van der Waals surface area contributed by atoms with Gasteiger partial charge < -0.3 is 14.2 Å². The van der Waals surface area contributed by atoms with Gasteiger partial charge in [-0.05, 0) is 45.0 Å². The van der Waals surface area contributed by atoms with Crippen LogP contribution in [0.4, 0.5) is 4.79 Å². The molecule has 0 bridgehead atoms. The smallest absolute Gasteiger partial charge is 0.410 e. The van der Waals surface area contributed by atoms with Crippen LogP contribution in [-0.2, 0) is 11.3 Å². The Morgan fingerprint density at radius 1 is 1.19 bits per heavy atom. The predicted octanol–water partition coefficient (Wildman–Crippen LogP) is 3.44. The number of benzene rings is 1. The first-order valence-electron chi connectivity index (χ1n) is 8.59. The second kappa shape index (κ2) is 7.63. The van der Waals surface area contributed by atoms with E-state index in [4.69, 9.17) is 20.9 Å². The van der Waals surface area contributed by atoms with E-state index in [9.17, 15) is 4.79 Å². The molecule has 1 saturated heterocycles. The van der Waals surface area contributed by atoms with Crippen molar-refractivity contribution in [1.82, 2.24) is 19.9 Å². The van der Waals surface area contributed by atoms with Crippen LogP contribution in [0.5, 0.6) is 0 Å². The van der Waals surface area contributed by atoms with Crippen LogP contribution in [0.1, 0.15) is 26.7 Å². The highest BCUT2D eigenvalue weighted by Gasteiger charge is 2.26. The Labute approximate surface area is 157 Å². The fraction of sp³-hybridized carbons (Fsp3) is 0.500. The van der Waals surface area contributed by atoms with Gasteiger partial charge in [0.05, 0.1) is 6.54 Å². The topological polar surface area (TPSA) is 71.7 Å². The molecule has 0 atom stereocenters. The summed E-state index contributed by atoms with van der Waals surface area (Å²) in [5.74, 6) is 1.10. The van der Waals surface area contributed by atoms with Crippen LogP contribution < -0.4 is 0 Å². The van der Waals surface area contributed by atoms with Gasteiger partial charge in [-0.25, -0.2) is 4.79 Å². The van der Waals surface area contributed by atoms with Gasteiger partial charge in [0.25, 0.3) is 0 Å². The highest BCUT2D eigenvalue weighted by molar-refractivity contribution is 6.30. The Kier molecular flexibility index (Phi) is 5.48. The van der Waals surface area contributed by atoms with Crippen LogP contribution in [0.3, 0.4) is 0 Å². The number of aromatic nitrogens is 2. The second-order valence-corrected chi connectivity index (χ2v) is 7.70. The third-order valence-corrected chi connectivity index (χ3v) is 4.21. The maximum absolute atomic E-state index is 12.1. The summed E-state index contributed by atoms with van der Waals surface area (Å²) < 4.78 is 10.8. The van der Waals surface area contributed by atoms with Crippen molar-refractivity contribution in [2.45, 2.75) is 32.9 Å². The molecule has 1 fully saturated rings. The van der Waals surface area contributed by atoms with Crippen LogP contribution in [0.2, 0.25) is 5.02 Å². The summed E-state index contributed by atoms with van der Waals surface area (Å²) in [5.41, 5.74) is 0.384. The van der Waals surface area contributed by atoms with Gasteiger partial charge in [-0.3, -0.25) is 4.90 Å². The summed E-state index contributed by atoms with van der Waals surface area (Å²) in [6.45, 7) is 8.87. The highest BCUT2D eigenvalue weighted by Crippen LogP contribution is 2.19. The lowest BCUT2D eigenvalue weighted by Crippen LogP contribution is -2.49. The van der Waals surface area contributed by atoms with Crippen molar-refractivity contribution in [2.24, 2.45) is 0 Å². The molecule has 0 aliphatic carbocycles. The molecule has 0 N–H and O–H groups in total. The molecule has 1 aromatic carbocycles. The Morgan fingerprint density at radius 2 is 1.85 bits per heavy atom. The standard InChI is InChI=1S/C18H23ClN4O3/c1-18(2,3)25-17(24)23-10-8-22(9-11-23)12-15-20-16(21-26-15)13-4-6-14(19)7-5-13/h4-7H,8-12H2,1-3H3. The number of rotatable bonds is 3. The van der Waals surface area contributed by atoms with Crippen LogP contribution >= 0.6 is 11.6 Å². The van der Waals surface area contributed by atoms with Gasteiger partial charge in [0, 0.05) is 36.8 Å². The SMILES string of the molecule is CC(C)(C)OC(=O)N1CCN(Cc2nc(-c3ccc(Cl)cc3)no2)CC1. The monoisotopic (exact) mass is 378 g/mol. The summed E-state index contributed by atoms with van der Waals surface area (Å²) >= 11 is 5.89. The first-order chi connectivity index (χ1) is 12.3. The molecule has 2 heterocycles. The fourth-order valence-corrected chi connectivity index (χ4v) is 2.77. The minimum Gasteiger partial charge on any atom is -0.444 e. The summed E-state index contributed by atoms with van der Waals surface area (Å²) in [5, 5.41) is 4.69. The molecule has 1 aliphatic heterocycles. The second-order valence-electron chi connectivity index (χ2n) is 7.26. The number of ether oxygens (including phenoxy) is 1. The molecular weight excluding hydrogens is 356 g/mol. The Balaban J connectivity index is 1.52. The molecule has 0 saturated carbocycles. The zero-order valence-corrected chi connectivity index (χ0v) is 16.0. The largest absolute Gasteiger partial charge is 0.444 e. The Morgan fingerprint density at radius 3 is 2.46 bits per heavy atom. The van der Waals surface area contributed by atoms with Crippen molar-refractivity contribution in [1.29, 1.82) is 0 Å². The first kappa shape index (κ1) is 18.7. The van der Waals surface area contributed by atoms with E-state index in [-0.39, 0.29) is 6.09 Å². The summed E-state index contributed by atoms with van der Waals surface area (Å²) in [4.78, 5) is 20.4. The molecule has 140 valence electrons.